The van der Waals surface area contributed by atoms with Gasteiger partial charge in [0.1, 0.15) is 4.99 Å². The van der Waals surface area contributed by atoms with Crippen LogP contribution in [0.3, 0.4) is 0 Å². The highest BCUT2D eigenvalue weighted by Gasteiger charge is 2.14. The minimum Gasteiger partial charge on any atom is -0.389 e. The molecule has 2 N–H and O–H groups in total. The summed E-state index contributed by atoms with van der Waals surface area (Å²) in [6, 6.07) is 1.98. The molecular weight excluding hydrogens is 244 g/mol. The summed E-state index contributed by atoms with van der Waals surface area (Å²) in [7, 11) is 0. The van der Waals surface area contributed by atoms with Gasteiger partial charge in [-0.1, -0.05) is 12.2 Å². The molecule has 0 aliphatic heterocycles. The molecule has 0 amide bonds. The fraction of sp³-hybridized carbons (Fsp3) is 0.308. The lowest BCUT2D eigenvalue weighted by atomic mass is 10.1. The fourth-order valence-electron chi connectivity index (χ4n) is 2.04. The lowest BCUT2D eigenvalue weighted by molar-refractivity contribution is 0.972. The van der Waals surface area contributed by atoms with E-state index in [-0.39, 0.29) is 0 Å². The Bertz CT molecular complexity index is 628. The predicted octanol–water partition coefficient (Wildman–Crippen LogP) is 2.14. The minimum absolute atomic E-state index is 0.362. The Morgan fingerprint density at radius 3 is 2.39 bits per heavy atom. The highest BCUT2D eigenvalue weighted by molar-refractivity contribution is 7.80. The highest BCUT2D eigenvalue weighted by Crippen LogP contribution is 2.21. The molecule has 0 radical (unpaired) electrons. The molecule has 0 spiro atoms. The Hall–Kier alpha value is -1.75. The van der Waals surface area contributed by atoms with Crippen molar-refractivity contribution >= 4 is 17.2 Å². The van der Waals surface area contributed by atoms with Crippen LogP contribution >= 0.6 is 12.2 Å². The SMILES string of the molecule is Cc1cc(-n2cnc(C)c2C)c(C(N)=S)c(C)n1. The number of imidazole rings is 1. The van der Waals surface area contributed by atoms with Crippen molar-refractivity contribution in [3.05, 3.63) is 40.7 Å². The summed E-state index contributed by atoms with van der Waals surface area (Å²) >= 11 is 5.13. The second-order valence-electron chi connectivity index (χ2n) is 4.39. The van der Waals surface area contributed by atoms with Gasteiger partial charge in [-0.15, -0.1) is 0 Å². The molecular formula is C13H16N4S. The van der Waals surface area contributed by atoms with Crippen LogP contribution in [0.2, 0.25) is 0 Å². The first-order chi connectivity index (χ1) is 8.41. The van der Waals surface area contributed by atoms with E-state index < -0.39 is 0 Å². The number of hydrogen-bond acceptors (Lipinski definition) is 3. The second kappa shape index (κ2) is 4.49. The Kier molecular flexibility index (Phi) is 3.17. The normalized spacial score (nSPS) is 10.7. The van der Waals surface area contributed by atoms with Crippen molar-refractivity contribution in [2.75, 3.05) is 0 Å². The maximum absolute atomic E-state index is 5.82. The number of pyridine rings is 1. The van der Waals surface area contributed by atoms with Crippen molar-refractivity contribution in [2.24, 2.45) is 5.73 Å². The molecule has 0 bridgehead atoms. The van der Waals surface area contributed by atoms with E-state index in [4.69, 9.17) is 18.0 Å². The van der Waals surface area contributed by atoms with Crippen LogP contribution in [0.1, 0.15) is 28.3 Å². The molecule has 94 valence electrons. The van der Waals surface area contributed by atoms with Gasteiger partial charge in [0.2, 0.25) is 0 Å². The van der Waals surface area contributed by atoms with Gasteiger partial charge >= 0.3 is 0 Å². The molecule has 4 nitrogen and oxygen atoms in total. The zero-order valence-electron chi connectivity index (χ0n) is 11.0. The summed E-state index contributed by atoms with van der Waals surface area (Å²) in [4.78, 5) is 9.09. The number of thiocarbonyl (C=S) groups is 1. The smallest absolute Gasteiger partial charge is 0.107 e. The topological polar surface area (TPSA) is 56.7 Å². The lowest BCUT2D eigenvalue weighted by Crippen LogP contribution is -2.17. The van der Waals surface area contributed by atoms with Crippen LogP contribution in [0.4, 0.5) is 0 Å². The van der Waals surface area contributed by atoms with Gasteiger partial charge in [0.25, 0.3) is 0 Å². The molecule has 2 aromatic heterocycles. The summed E-state index contributed by atoms with van der Waals surface area (Å²) in [5.41, 5.74) is 11.4. The first kappa shape index (κ1) is 12.7. The molecule has 2 rings (SSSR count). The number of aryl methyl sites for hydroxylation is 3. The molecule has 0 atom stereocenters. The average molecular weight is 260 g/mol. The third kappa shape index (κ3) is 2.01. The van der Waals surface area contributed by atoms with Crippen molar-refractivity contribution in [3.8, 4) is 5.69 Å². The standard InChI is InChI=1S/C13H16N4S/c1-7-5-11(12(13(14)18)9(3)16-7)17-6-15-8(2)10(17)4/h5-6H,1-4H3,(H2,14,18). The number of rotatable bonds is 2. The Morgan fingerprint density at radius 1 is 1.22 bits per heavy atom. The Balaban J connectivity index is 2.77. The summed E-state index contributed by atoms with van der Waals surface area (Å²) < 4.78 is 2.01. The number of aromatic nitrogens is 3. The van der Waals surface area contributed by atoms with E-state index in [0.29, 0.717) is 4.99 Å². The molecule has 18 heavy (non-hydrogen) atoms. The van der Waals surface area contributed by atoms with Crippen LogP contribution in [-0.4, -0.2) is 19.5 Å². The van der Waals surface area contributed by atoms with Gasteiger partial charge in [-0.05, 0) is 33.8 Å². The van der Waals surface area contributed by atoms with Crippen molar-refractivity contribution in [3.63, 3.8) is 0 Å². The fourth-order valence-corrected chi connectivity index (χ4v) is 2.30. The first-order valence-electron chi connectivity index (χ1n) is 5.70. The monoisotopic (exact) mass is 260 g/mol. The zero-order chi connectivity index (χ0) is 13.4. The van der Waals surface area contributed by atoms with E-state index in [1.54, 1.807) is 6.33 Å². The molecule has 0 aliphatic carbocycles. The van der Waals surface area contributed by atoms with Gasteiger partial charge in [-0.2, -0.15) is 0 Å². The second-order valence-corrected chi connectivity index (χ2v) is 4.83. The van der Waals surface area contributed by atoms with Crippen LogP contribution in [0.5, 0.6) is 0 Å². The van der Waals surface area contributed by atoms with Crippen LogP contribution in [0.25, 0.3) is 5.69 Å². The van der Waals surface area contributed by atoms with Crippen molar-refractivity contribution in [1.29, 1.82) is 0 Å². The maximum atomic E-state index is 5.82. The average Bonchev–Trinajstić information content (AvgIpc) is 2.57. The number of nitrogens with zero attached hydrogens (tertiary/aromatic N) is 3. The van der Waals surface area contributed by atoms with E-state index in [0.717, 1.165) is 34.0 Å². The molecule has 0 unspecified atom stereocenters. The number of hydrogen-bond donors (Lipinski definition) is 1. The Labute approximate surface area is 112 Å². The van der Waals surface area contributed by atoms with E-state index in [9.17, 15) is 0 Å². The molecule has 0 aliphatic rings. The van der Waals surface area contributed by atoms with Crippen LogP contribution in [0, 0.1) is 27.7 Å². The Morgan fingerprint density at radius 2 is 1.89 bits per heavy atom. The molecule has 0 saturated heterocycles. The van der Waals surface area contributed by atoms with Gasteiger partial charge < -0.3 is 10.3 Å². The quantitative estimate of drug-likeness (QED) is 0.840. The van der Waals surface area contributed by atoms with Crippen LogP contribution in [-0.2, 0) is 0 Å². The summed E-state index contributed by atoms with van der Waals surface area (Å²) in [5.74, 6) is 0. The van der Waals surface area contributed by atoms with Crippen molar-refractivity contribution in [1.82, 2.24) is 14.5 Å². The highest BCUT2D eigenvalue weighted by atomic mass is 32.1. The van der Waals surface area contributed by atoms with Crippen LogP contribution in [0.15, 0.2) is 12.4 Å². The van der Waals surface area contributed by atoms with Crippen LogP contribution < -0.4 is 5.73 Å². The van der Waals surface area contributed by atoms with E-state index in [1.165, 1.54) is 0 Å². The third-order valence-electron chi connectivity index (χ3n) is 3.07. The molecule has 2 heterocycles. The van der Waals surface area contributed by atoms with Gasteiger partial charge in [-0.3, -0.25) is 4.98 Å². The molecule has 5 heteroatoms. The van der Waals surface area contributed by atoms with Gasteiger partial charge in [0.05, 0.1) is 23.3 Å². The largest absolute Gasteiger partial charge is 0.389 e. The molecule has 0 fully saturated rings. The van der Waals surface area contributed by atoms with Crippen molar-refractivity contribution in [2.45, 2.75) is 27.7 Å². The van der Waals surface area contributed by atoms with Crippen molar-refractivity contribution < 1.29 is 0 Å². The molecule has 0 saturated carbocycles. The lowest BCUT2D eigenvalue weighted by Gasteiger charge is -2.14. The summed E-state index contributed by atoms with van der Waals surface area (Å²) in [6.07, 6.45) is 1.79. The maximum Gasteiger partial charge on any atom is 0.107 e. The zero-order valence-corrected chi connectivity index (χ0v) is 11.8. The van der Waals surface area contributed by atoms with Gasteiger partial charge in [0.15, 0.2) is 0 Å². The van der Waals surface area contributed by atoms with E-state index in [1.807, 2.05) is 38.3 Å². The number of nitrogens with two attached hydrogens (primary N) is 1. The first-order valence-corrected chi connectivity index (χ1v) is 6.11. The summed E-state index contributed by atoms with van der Waals surface area (Å²) in [5, 5.41) is 0. The summed E-state index contributed by atoms with van der Waals surface area (Å²) in [6.45, 7) is 7.88. The van der Waals surface area contributed by atoms with Gasteiger partial charge in [0, 0.05) is 17.1 Å². The van der Waals surface area contributed by atoms with Gasteiger partial charge in [-0.25, -0.2) is 4.98 Å². The minimum atomic E-state index is 0.362. The third-order valence-corrected chi connectivity index (χ3v) is 3.27. The van der Waals surface area contributed by atoms with E-state index >= 15 is 0 Å². The predicted molar refractivity (Wildman–Crippen MR) is 76.2 cm³/mol. The molecule has 2 aromatic rings. The molecule has 0 aromatic carbocycles. The van der Waals surface area contributed by atoms with E-state index in [2.05, 4.69) is 9.97 Å².